The summed E-state index contributed by atoms with van der Waals surface area (Å²) >= 11 is 0. The molecule has 0 bridgehead atoms. The van der Waals surface area contributed by atoms with Gasteiger partial charge in [0.15, 0.2) is 0 Å². The van der Waals surface area contributed by atoms with Crippen LogP contribution in [0.2, 0.25) is 0 Å². The van der Waals surface area contributed by atoms with E-state index in [9.17, 15) is 14.4 Å². The van der Waals surface area contributed by atoms with Crippen LogP contribution >= 0.6 is 0 Å². The third-order valence-corrected chi connectivity index (χ3v) is 1.33. The van der Waals surface area contributed by atoms with Gasteiger partial charge in [-0.2, -0.15) is 0 Å². The van der Waals surface area contributed by atoms with Gasteiger partial charge in [-0.3, -0.25) is 10.1 Å². The van der Waals surface area contributed by atoms with E-state index in [2.05, 4.69) is 14.8 Å². The Kier molecular flexibility index (Phi) is 5.23. The van der Waals surface area contributed by atoms with Crippen molar-refractivity contribution in [3.8, 4) is 0 Å². The average Bonchev–Trinajstić information content (AvgIpc) is 2.16. The summed E-state index contributed by atoms with van der Waals surface area (Å²) in [5.74, 6) is -2.97. The van der Waals surface area contributed by atoms with Crippen molar-refractivity contribution in [3.05, 3.63) is 0 Å². The van der Waals surface area contributed by atoms with E-state index in [4.69, 9.17) is 5.11 Å². The first kappa shape index (κ1) is 12.4. The molecule has 7 heteroatoms. The Morgan fingerprint density at radius 2 is 1.64 bits per heavy atom. The Hall–Kier alpha value is -1.63. The van der Waals surface area contributed by atoms with E-state index in [1.807, 2.05) is 0 Å². The van der Waals surface area contributed by atoms with Crippen LogP contribution in [0.25, 0.3) is 0 Å². The zero-order valence-electron chi connectivity index (χ0n) is 7.77. The summed E-state index contributed by atoms with van der Waals surface area (Å²) in [5, 5.41) is 10.5. The smallest absolute Gasteiger partial charge is 0.334 e. The van der Waals surface area contributed by atoms with Gasteiger partial charge in [0, 0.05) is 0 Å². The molecule has 80 valence electrons. The van der Waals surface area contributed by atoms with Crippen molar-refractivity contribution in [1.29, 1.82) is 0 Å². The minimum Gasteiger partial charge on any atom is -0.480 e. The van der Waals surface area contributed by atoms with Crippen LogP contribution in [0.1, 0.15) is 0 Å². The van der Waals surface area contributed by atoms with Gasteiger partial charge >= 0.3 is 17.9 Å². The topological polar surface area (TPSA) is 102 Å². The van der Waals surface area contributed by atoms with Crippen molar-refractivity contribution in [2.24, 2.45) is 0 Å². The molecule has 0 aromatic rings. The van der Waals surface area contributed by atoms with Crippen LogP contribution in [0.5, 0.6) is 0 Å². The molecule has 0 heterocycles. The van der Waals surface area contributed by atoms with Crippen molar-refractivity contribution >= 4 is 17.9 Å². The van der Waals surface area contributed by atoms with E-state index >= 15 is 0 Å². The molecule has 0 saturated carbocycles. The highest BCUT2D eigenvalue weighted by Crippen LogP contribution is 1.91. The van der Waals surface area contributed by atoms with E-state index in [0.717, 1.165) is 14.2 Å². The predicted octanol–water partition coefficient (Wildman–Crippen LogP) is -1.62. The lowest BCUT2D eigenvalue weighted by Crippen LogP contribution is -2.46. The number of ether oxygens (including phenoxy) is 2. The Bertz CT molecular complexity index is 222. The summed E-state index contributed by atoms with van der Waals surface area (Å²) in [6.45, 7) is -0.533. The minimum atomic E-state index is -1.40. The van der Waals surface area contributed by atoms with Crippen LogP contribution in [-0.4, -0.2) is 49.8 Å². The summed E-state index contributed by atoms with van der Waals surface area (Å²) in [7, 11) is 2.17. The fourth-order valence-corrected chi connectivity index (χ4v) is 0.688. The summed E-state index contributed by atoms with van der Waals surface area (Å²) in [5.41, 5.74) is 0. The fraction of sp³-hybridized carbons (Fsp3) is 0.571. The first-order valence-electron chi connectivity index (χ1n) is 3.63. The standard InChI is InChI=1S/C7H11NO6/c1-13-6(11)5(7(12)14-2)8-3-4(9)10/h5,8H,3H2,1-2H3,(H,9,10). The molecule has 0 aromatic carbocycles. The molecule has 0 spiro atoms. The number of hydrogen-bond acceptors (Lipinski definition) is 6. The van der Waals surface area contributed by atoms with E-state index in [1.165, 1.54) is 0 Å². The maximum atomic E-state index is 10.9. The molecular weight excluding hydrogens is 194 g/mol. The number of nitrogens with one attached hydrogen (secondary N) is 1. The molecule has 14 heavy (non-hydrogen) atoms. The lowest BCUT2D eigenvalue weighted by Gasteiger charge is -2.12. The number of aliphatic carboxylic acids is 1. The van der Waals surface area contributed by atoms with E-state index in [-0.39, 0.29) is 0 Å². The molecule has 0 aliphatic rings. The molecule has 0 rings (SSSR count). The lowest BCUT2D eigenvalue weighted by atomic mass is 10.3. The van der Waals surface area contributed by atoms with Gasteiger partial charge in [-0.1, -0.05) is 0 Å². The highest BCUT2D eigenvalue weighted by atomic mass is 16.5. The zero-order chi connectivity index (χ0) is 11.1. The highest BCUT2D eigenvalue weighted by Gasteiger charge is 2.28. The number of methoxy groups -OCH3 is 2. The molecular formula is C7H11NO6. The molecule has 0 unspecified atom stereocenters. The summed E-state index contributed by atoms with van der Waals surface area (Å²) in [6.07, 6.45) is 0. The number of carboxylic acids is 1. The predicted molar refractivity (Wildman–Crippen MR) is 43.5 cm³/mol. The number of carbonyl (C=O) groups excluding carboxylic acids is 2. The molecule has 2 N–H and O–H groups in total. The van der Waals surface area contributed by atoms with Crippen LogP contribution in [0.4, 0.5) is 0 Å². The zero-order valence-corrected chi connectivity index (χ0v) is 7.77. The molecule has 0 radical (unpaired) electrons. The molecule has 0 amide bonds. The SMILES string of the molecule is COC(=O)C(NCC(=O)O)C(=O)OC. The molecule has 0 aliphatic heterocycles. The van der Waals surface area contributed by atoms with E-state index in [1.54, 1.807) is 0 Å². The summed E-state index contributed by atoms with van der Waals surface area (Å²) < 4.78 is 8.54. The fourth-order valence-electron chi connectivity index (χ4n) is 0.688. The number of carboxylic acid groups (broad SMARTS) is 1. The largest absolute Gasteiger partial charge is 0.480 e. The Labute approximate surface area is 80.0 Å². The molecule has 0 aromatic heterocycles. The summed E-state index contributed by atoms with van der Waals surface area (Å²) in [4.78, 5) is 32.1. The van der Waals surface area contributed by atoms with Crippen LogP contribution in [0.15, 0.2) is 0 Å². The minimum absolute atomic E-state index is 0.533. The van der Waals surface area contributed by atoms with Gasteiger partial charge in [-0.05, 0) is 0 Å². The Balaban J connectivity index is 4.32. The maximum absolute atomic E-state index is 10.9. The van der Waals surface area contributed by atoms with Crippen molar-refractivity contribution in [1.82, 2.24) is 5.32 Å². The van der Waals surface area contributed by atoms with E-state index < -0.39 is 30.5 Å². The average molecular weight is 205 g/mol. The second kappa shape index (κ2) is 5.92. The van der Waals surface area contributed by atoms with Gasteiger partial charge in [0.1, 0.15) is 0 Å². The van der Waals surface area contributed by atoms with Gasteiger partial charge in [0.2, 0.25) is 6.04 Å². The number of rotatable bonds is 5. The molecule has 0 atom stereocenters. The Morgan fingerprint density at radius 1 is 1.21 bits per heavy atom. The van der Waals surface area contributed by atoms with Crippen LogP contribution in [0.3, 0.4) is 0 Å². The first-order valence-corrected chi connectivity index (χ1v) is 3.63. The molecule has 0 saturated heterocycles. The van der Waals surface area contributed by atoms with Crippen molar-refractivity contribution in [3.63, 3.8) is 0 Å². The molecule has 0 aliphatic carbocycles. The molecule has 7 nitrogen and oxygen atoms in total. The third kappa shape index (κ3) is 3.85. The van der Waals surface area contributed by atoms with Crippen LogP contribution in [0, 0.1) is 0 Å². The second-order valence-corrected chi connectivity index (χ2v) is 2.25. The monoisotopic (exact) mass is 205 g/mol. The van der Waals surface area contributed by atoms with Crippen LogP contribution < -0.4 is 5.32 Å². The van der Waals surface area contributed by atoms with Crippen molar-refractivity contribution < 1.29 is 29.0 Å². The molecule has 0 fully saturated rings. The number of hydrogen-bond donors (Lipinski definition) is 2. The van der Waals surface area contributed by atoms with Crippen molar-refractivity contribution in [2.45, 2.75) is 6.04 Å². The van der Waals surface area contributed by atoms with E-state index in [0.29, 0.717) is 0 Å². The number of carbonyl (C=O) groups is 3. The third-order valence-electron chi connectivity index (χ3n) is 1.33. The lowest BCUT2D eigenvalue weighted by molar-refractivity contribution is -0.155. The first-order chi connectivity index (χ1) is 6.52. The number of esters is 2. The van der Waals surface area contributed by atoms with Gasteiger partial charge in [0.25, 0.3) is 0 Å². The normalized spacial score (nSPS) is 9.64. The van der Waals surface area contributed by atoms with Gasteiger partial charge in [0.05, 0.1) is 20.8 Å². The quantitative estimate of drug-likeness (QED) is 0.410. The van der Waals surface area contributed by atoms with Crippen LogP contribution in [-0.2, 0) is 23.9 Å². The second-order valence-electron chi connectivity index (χ2n) is 2.25. The van der Waals surface area contributed by atoms with Gasteiger partial charge < -0.3 is 14.6 Å². The Morgan fingerprint density at radius 3 is 1.93 bits per heavy atom. The maximum Gasteiger partial charge on any atom is 0.334 e. The van der Waals surface area contributed by atoms with Crippen molar-refractivity contribution in [2.75, 3.05) is 20.8 Å². The highest BCUT2D eigenvalue weighted by molar-refractivity contribution is 5.99. The summed E-state index contributed by atoms with van der Waals surface area (Å²) in [6, 6.07) is -1.40. The van der Waals surface area contributed by atoms with Gasteiger partial charge in [-0.15, -0.1) is 0 Å². The van der Waals surface area contributed by atoms with Gasteiger partial charge in [-0.25, -0.2) is 9.59 Å².